The molecule has 0 spiro atoms. The summed E-state index contributed by atoms with van der Waals surface area (Å²) in [5, 5.41) is 3.53. The van der Waals surface area contributed by atoms with Gasteiger partial charge in [0, 0.05) is 5.69 Å². The molecule has 0 aliphatic carbocycles. The van der Waals surface area contributed by atoms with E-state index in [1.165, 1.54) is 25.7 Å². The Morgan fingerprint density at radius 3 is 3.00 bits per heavy atom. The first-order valence-corrected chi connectivity index (χ1v) is 6.80. The predicted molar refractivity (Wildman–Crippen MR) is 70.4 cm³/mol. The molecule has 4 nitrogen and oxygen atoms in total. The summed E-state index contributed by atoms with van der Waals surface area (Å²) >= 11 is 0. The highest BCUT2D eigenvalue weighted by molar-refractivity contribution is 5.67. The third-order valence-electron chi connectivity index (χ3n) is 3.52. The summed E-state index contributed by atoms with van der Waals surface area (Å²) in [6.45, 7) is 3.03. The molecule has 1 fully saturated rings. The fourth-order valence-corrected chi connectivity index (χ4v) is 2.50. The number of nitrogens with zero attached hydrogens (tertiary/aromatic N) is 2. The highest BCUT2D eigenvalue weighted by Gasteiger charge is 2.19. The summed E-state index contributed by atoms with van der Waals surface area (Å²) in [6.07, 6.45) is 6.23. The maximum atomic E-state index is 5.82. The molecule has 1 aliphatic rings. The van der Waals surface area contributed by atoms with Crippen LogP contribution < -0.4 is 5.32 Å². The number of aromatic nitrogens is 2. The Morgan fingerprint density at radius 2 is 2.06 bits per heavy atom. The third kappa shape index (κ3) is 2.38. The van der Waals surface area contributed by atoms with Gasteiger partial charge in [0.25, 0.3) is 0 Å². The Morgan fingerprint density at radius 1 is 1.17 bits per heavy atom. The zero-order valence-corrected chi connectivity index (χ0v) is 10.8. The molecule has 2 aromatic heterocycles. The van der Waals surface area contributed by atoms with Gasteiger partial charge in [0.05, 0.1) is 6.04 Å². The van der Waals surface area contributed by atoms with Crippen molar-refractivity contribution in [3.05, 3.63) is 23.7 Å². The first kappa shape index (κ1) is 11.7. The van der Waals surface area contributed by atoms with Gasteiger partial charge >= 0.3 is 0 Å². The molecule has 3 rings (SSSR count). The lowest BCUT2D eigenvalue weighted by atomic mass is 10.0. The van der Waals surface area contributed by atoms with E-state index >= 15 is 0 Å². The summed E-state index contributed by atoms with van der Waals surface area (Å²) in [5.41, 5.74) is 2.50. The van der Waals surface area contributed by atoms with Gasteiger partial charge in [0.15, 0.2) is 11.2 Å². The van der Waals surface area contributed by atoms with Crippen molar-refractivity contribution in [3.63, 3.8) is 0 Å². The highest BCUT2D eigenvalue weighted by atomic mass is 16.3. The largest absolute Gasteiger partial charge is 0.437 e. The Hall–Kier alpha value is -1.42. The molecule has 4 heteroatoms. The van der Waals surface area contributed by atoms with Gasteiger partial charge in [0.2, 0.25) is 5.89 Å². The number of aryl methyl sites for hydroxylation is 1. The Balaban J connectivity index is 1.87. The van der Waals surface area contributed by atoms with E-state index in [0.717, 1.165) is 35.8 Å². The van der Waals surface area contributed by atoms with E-state index in [-0.39, 0.29) is 6.04 Å². The van der Waals surface area contributed by atoms with E-state index in [9.17, 15) is 0 Å². The first-order chi connectivity index (χ1) is 8.83. The normalized spacial score (nSPS) is 21.7. The highest BCUT2D eigenvalue weighted by Crippen LogP contribution is 2.24. The average Bonchev–Trinajstić information content (AvgIpc) is 2.71. The van der Waals surface area contributed by atoms with E-state index in [4.69, 9.17) is 4.42 Å². The minimum absolute atomic E-state index is 0.250. The van der Waals surface area contributed by atoms with Crippen LogP contribution in [0.5, 0.6) is 0 Å². The Bertz CT molecular complexity index is 527. The molecule has 1 N–H and O–H groups in total. The fourth-order valence-electron chi connectivity index (χ4n) is 2.50. The van der Waals surface area contributed by atoms with Crippen LogP contribution in [0.15, 0.2) is 16.5 Å². The molecule has 2 aromatic rings. The van der Waals surface area contributed by atoms with Crippen LogP contribution in [-0.4, -0.2) is 16.5 Å². The second-order valence-electron chi connectivity index (χ2n) is 5.04. The zero-order valence-electron chi connectivity index (χ0n) is 10.8. The molecular weight excluding hydrogens is 226 g/mol. The van der Waals surface area contributed by atoms with Crippen LogP contribution in [0.25, 0.3) is 11.2 Å². The molecule has 1 saturated heterocycles. The predicted octanol–water partition coefficient (Wildman–Crippen LogP) is 3.13. The molecular formula is C14H19N3O. The number of hydrogen-bond donors (Lipinski definition) is 1. The van der Waals surface area contributed by atoms with Crippen molar-refractivity contribution in [2.24, 2.45) is 0 Å². The first-order valence-electron chi connectivity index (χ1n) is 6.80. The molecule has 1 atom stereocenters. The second-order valence-corrected chi connectivity index (χ2v) is 5.04. The van der Waals surface area contributed by atoms with Gasteiger partial charge in [-0.05, 0) is 38.4 Å². The molecule has 96 valence electrons. The second kappa shape index (κ2) is 5.06. The topological polar surface area (TPSA) is 51.0 Å². The van der Waals surface area contributed by atoms with Crippen molar-refractivity contribution in [1.29, 1.82) is 0 Å². The van der Waals surface area contributed by atoms with Crippen LogP contribution in [-0.2, 0) is 0 Å². The van der Waals surface area contributed by atoms with Crippen LogP contribution in [0.4, 0.5) is 0 Å². The standard InChI is InChI=1S/C14H19N3O/c1-10-7-8-12-13(16-10)17-14(18-12)11-6-4-2-3-5-9-15-11/h7-8,11,15H,2-6,9H2,1H3. The molecule has 0 bridgehead atoms. The van der Waals surface area contributed by atoms with Gasteiger partial charge in [-0.1, -0.05) is 19.3 Å². The SMILES string of the molecule is Cc1ccc2oc(C3CCCCCCN3)nc2n1. The quantitative estimate of drug-likeness (QED) is 0.838. The summed E-state index contributed by atoms with van der Waals surface area (Å²) < 4.78 is 5.82. The molecule has 0 saturated carbocycles. The number of hydrogen-bond acceptors (Lipinski definition) is 4. The van der Waals surface area contributed by atoms with Crippen LogP contribution >= 0.6 is 0 Å². The van der Waals surface area contributed by atoms with E-state index in [1.54, 1.807) is 0 Å². The van der Waals surface area contributed by atoms with Crippen molar-refractivity contribution in [2.75, 3.05) is 6.54 Å². The van der Waals surface area contributed by atoms with Crippen molar-refractivity contribution < 1.29 is 4.42 Å². The van der Waals surface area contributed by atoms with E-state index in [1.807, 2.05) is 19.1 Å². The summed E-state index contributed by atoms with van der Waals surface area (Å²) in [5.74, 6) is 0.796. The molecule has 18 heavy (non-hydrogen) atoms. The lowest BCUT2D eigenvalue weighted by molar-refractivity contribution is 0.362. The minimum Gasteiger partial charge on any atom is -0.437 e. The van der Waals surface area contributed by atoms with E-state index < -0.39 is 0 Å². The van der Waals surface area contributed by atoms with Gasteiger partial charge in [-0.15, -0.1) is 0 Å². The maximum absolute atomic E-state index is 5.82. The smallest absolute Gasteiger partial charge is 0.214 e. The molecule has 0 radical (unpaired) electrons. The number of pyridine rings is 1. The van der Waals surface area contributed by atoms with Gasteiger partial charge in [-0.3, -0.25) is 0 Å². The van der Waals surface area contributed by atoms with Crippen molar-refractivity contribution in [2.45, 2.75) is 45.1 Å². The van der Waals surface area contributed by atoms with Gasteiger partial charge < -0.3 is 9.73 Å². The van der Waals surface area contributed by atoms with Gasteiger partial charge in [0.1, 0.15) is 0 Å². The van der Waals surface area contributed by atoms with Crippen molar-refractivity contribution in [3.8, 4) is 0 Å². The van der Waals surface area contributed by atoms with Crippen LogP contribution in [0.2, 0.25) is 0 Å². The number of rotatable bonds is 1. The molecule has 1 unspecified atom stereocenters. The van der Waals surface area contributed by atoms with Crippen molar-refractivity contribution >= 4 is 11.2 Å². The van der Waals surface area contributed by atoms with Crippen LogP contribution in [0, 0.1) is 6.92 Å². The monoisotopic (exact) mass is 245 g/mol. The summed E-state index contributed by atoms with van der Waals surface area (Å²) in [4.78, 5) is 8.93. The molecule has 0 amide bonds. The van der Waals surface area contributed by atoms with Gasteiger partial charge in [-0.2, -0.15) is 4.98 Å². The summed E-state index contributed by atoms with van der Waals surface area (Å²) in [7, 11) is 0. The molecule has 0 aromatic carbocycles. The van der Waals surface area contributed by atoms with Crippen LogP contribution in [0.3, 0.4) is 0 Å². The van der Waals surface area contributed by atoms with Crippen LogP contribution in [0.1, 0.15) is 49.7 Å². The van der Waals surface area contributed by atoms with E-state index in [2.05, 4.69) is 15.3 Å². The van der Waals surface area contributed by atoms with E-state index in [0.29, 0.717) is 0 Å². The summed E-state index contributed by atoms with van der Waals surface area (Å²) in [6, 6.07) is 4.17. The maximum Gasteiger partial charge on any atom is 0.214 e. The molecule has 3 heterocycles. The van der Waals surface area contributed by atoms with Crippen molar-refractivity contribution in [1.82, 2.24) is 15.3 Å². The lowest BCUT2D eigenvalue weighted by Crippen LogP contribution is -2.24. The average molecular weight is 245 g/mol. The fraction of sp³-hybridized carbons (Fsp3) is 0.571. The van der Waals surface area contributed by atoms with Gasteiger partial charge in [-0.25, -0.2) is 4.98 Å². The Labute approximate surface area is 107 Å². The number of oxazole rings is 1. The number of fused-ring (bicyclic) bond motifs is 1. The molecule has 1 aliphatic heterocycles. The Kier molecular flexibility index (Phi) is 3.28. The third-order valence-corrected chi connectivity index (χ3v) is 3.52. The minimum atomic E-state index is 0.250. The lowest BCUT2D eigenvalue weighted by Gasteiger charge is -2.18. The zero-order chi connectivity index (χ0) is 12.4. The number of nitrogens with one attached hydrogen (secondary N) is 1.